The maximum Gasteiger partial charge on any atom is 0.419 e. The normalized spacial score (nSPS) is 17.5. The van der Waals surface area contributed by atoms with Crippen molar-refractivity contribution in [1.29, 1.82) is 0 Å². The number of halogens is 3. The topological polar surface area (TPSA) is 34.6 Å². The number of hydrogen-bond acceptors (Lipinski definition) is 4. The van der Waals surface area contributed by atoms with Gasteiger partial charge >= 0.3 is 6.18 Å². The largest absolute Gasteiger partial charge is 0.492 e. The van der Waals surface area contributed by atoms with E-state index in [9.17, 15) is 13.2 Å². The second-order valence-electron chi connectivity index (χ2n) is 6.90. The number of alkyl halides is 3. The first kappa shape index (κ1) is 19.5. The number of para-hydroxylation sites is 1. The van der Waals surface area contributed by atoms with Crippen molar-refractivity contribution in [3.8, 4) is 11.6 Å². The van der Waals surface area contributed by atoms with E-state index >= 15 is 0 Å². The van der Waals surface area contributed by atoms with E-state index in [0.717, 1.165) is 32.0 Å². The van der Waals surface area contributed by atoms with Crippen LogP contribution in [-0.2, 0) is 6.18 Å². The predicted octanol–water partition coefficient (Wildman–Crippen LogP) is 4.41. The Morgan fingerprint density at radius 2 is 1.78 bits per heavy atom. The van der Waals surface area contributed by atoms with Crippen molar-refractivity contribution in [3.05, 3.63) is 54.2 Å². The average molecular weight is 380 g/mol. The number of piperidine rings is 1. The van der Waals surface area contributed by atoms with Gasteiger partial charge in [0.05, 0.1) is 5.56 Å². The average Bonchev–Trinajstić information content (AvgIpc) is 2.64. The van der Waals surface area contributed by atoms with Crippen LogP contribution in [0.15, 0.2) is 48.7 Å². The molecule has 1 saturated heterocycles. The summed E-state index contributed by atoms with van der Waals surface area (Å²) in [4.78, 5) is 6.38. The molecular formula is C20H23F3N2O2. The fourth-order valence-electron chi connectivity index (χ4n) is 3.12. The molecule has 0 bridgehead atoms. The van der Waals surface area contributed by atoms with Gasteiger partial charge in [-0.25, -0.2) is 4.98 Å². The molecular weight excluding hydrogens is 357 g/mol. The lowest BCUT2D eigenvalue weighted by molar-refractivity contribution is -0.139. The first-order valence-electron chi connectivity index (χ1n) is 8.97. The highest BCUT2D eigenvalue weighted by molar-refractivity contribution is 5.35. The van der Waals surface area contributed by atoms with Gasteiger partial charge in [-0.15, -0.1) is 0 Å². The Morgan fingerprint density at radius 1 is 1.07 bits per heavy atom. The van der Waals surface area contributed by atoms with Gasteiger partial charge in [-0.05, 0) is 38.0 Å². The Labute approximate surface area is 156 Å². The molecule has 3 rings (SSSR count). The number of nitrogens with zero attached hydrogens (tertiary/aromatic N) is 2. The number of benzene rings is 1. The minimum atomic E-state index is -4.41. The van der Waals surface area contributed by atoms with Crippen molar-refractivity contribution in [2.45, 2.75) is 31.5 Å². The number of likely N-dealkylation sites (tertiary alicyclic amines) is 1. The molecule has 1 aromatic heterocycles. The molecule has 7 heteroatoms. The summed E-state index contributed by atoms with van der Waals surface area (Å²) in [5.74, 6) is 0.492. The van der Waals surface area contributed by atoms with Gasteiger partial charge in [0.1, 0.15) is 18.0 Å². The lowest BCUT2D eigenvalue weighted by Crippen LogP contribution is -2.47. The zero-order valence-electron chi connectivity index (χ0n) is 15.2. The van der Waals surface area contributed by atoms with Crippen molar-refractivity contribution in [3.63, 3.8) is 0 Å². The molecule has 1 aliphatic rings. The quantitative estimate of drug-likeness (QED) is 0.743. The van der Waals surface area contributed by atoms with Gasteiger partial charge in [-0.1, -0.05) is 18.2 Å². The Kier molecular flexibility index (Phi) is 5.89. The van der Waals surface area contributed by atoms with Crippen LogP contribution in [0.2, 0.25) is 0 Å². The molecule has 1 aromatic carbocycles. The highest BCUT2D eigenvalue weighted by Gasteiger charge is 2.34. The van der Waals surface area contributed by atoms with Crippen LogP contribution in [0.25, 0.3) is 0 Å². The van der Waals surface area contributed by atoms with Gasteiger partial charge in [0.15, 0.2) is 0 Å². The molecule has 2 aromatic rings. The fraction of sp³-hybridized carbons (Fsp3) is 0.450. The van der Waals surface area contributed by atoms with Gasteiger partial charge < -0.3 is 9.47 Å². The third-order valence-corrected chi connectivity index (χ3v) is 4.76. The summed E-state index contributed by atoms with van der Waals surface area (Å²) >= 11 is 0. The van der Waals surface area contributed by atoms with Crippen molar-refractivity contribution < 1.29 is 22.6 Å². The SMILES string of the molecule is CC1(Oc2ccccn2)CCN(CCOc2ccccc2C(F)(F)F)CC1. The Morgan fingerprint density at radius 3 is 2.44 bits per heavy atom. The molecule has 0 radical (unpaired) electrons. The van der Waals surface area contributed by atoms with E-state index in [1.807, 2.05) is 18.2 Å². The third kappa shape index (κ3) is 5.35. The smallest absolute Gasteiger partial charge is 0.419 e. The zero-order valence-corrected chi connectivity index (χ0v) is 15.2. The van der Waals surface area contributed by atoms with Crippen LogP contribution in [-0.4, -0.2) is 41.7 Å². The molecule has 0 atom stereocenters. The molecule has 0 amide bonds. The van der Waals surface area contributed by atoms with Gasteiger partial charge in [0.2, 0.25) is 5.88 Å². The third-order valence-electron chi connectivity index (χ3n) is 4.76. The highest BCUT2D eigenvalue weighted by Crippen LogP contribution is 2.36. The van der Waals surface area contributed by atoms with Crippen molar-refractivity contribution >= 4 is 0 Å². The molecule has 1 aliphatic heterocycles. The Balaban J connectivity index is 1.47. The lowest BCUT2D eigenvalue weighted by atomic mass is 9.93. The lowest BCUT2D eigenvalue weighted by Gasteiger charge is -2.39. The maximum absolute atomic E-state index is 13.0. The summed E-state index contributed by atoms with van der Waals surface area (Å²) in [5, 5.41) is 0. The number of aromatic nitrogens is 1. The fourth-order valence-corrected chi connectivity index (χ4v) is 3.12. The van der Waals surface area contributed by atoms with Gasteiger partial charge in [-0.3, -0.25) is 4.90 Å². The molecule has 0 aliphatic carbocycles. The molecule has 146 valence electrons. The minimum Gasteiger partial charge on any atom is -0.492 e. The van der Waals surface area contributed by atoms with Crippen LogP contribution >= 0.6 is 0 Å². The van der Waals surface area contributed by atoms with Crippen LogP contribution in [0.3, 0.4) is 0 Å². The van der Waals surface area contributed by atoms with Crippen LogP contribution in [0.1, 0.15) is 25.3 Å². The van der Waals surface area contributed by atoms with E-state index in [1.165, 1.54) is 12.1 Å². The van der Waals surface area contributed by atoms with Crippen LogP contribution in [0.4, 0.5) is 13.2 Å². The van der Waals surface area contributed by atoms with E-state index in [4.69, 9.17) is 9.47 Å². The van der Waals surface area contributed by atoms with Crippen molar-refractivity contribution in [2.75, 3.05) is 26.2 Å². The monoisotopic (exact) mass is 380 g/mol. The number of ether oxygens (including phenoxy) is 2. The molecule has 4 nitrogen and oxygen atoms in total. The number of pyridine rings is 1. The summed E-state index contributed by atoms with van der Waals surface area (Å²) in [6, 6.07) is 10.9. The summed E-state index contributed by atoms with van der Waals surface area (Å²) in [5.41, 5.74) is -1.02. The predicted molar refractivity (Wildman–Crippen MR) is 95.9 cm³/mol. The van der Waals surface area contributed by atoms with Crippen LogP contribution in [0.5, 0.6) is 11.6 Å². The standard InChI is InChI=1S/C20H23F3N2O2/c1-19(27-18-8-4-5-11-24-18)9-12-25(13-10-19)14-15-26-17-7-3-2-6-16(17)20(21,22)23/h2-8,11H,9-10,12-15H2,1H3. The second kappa shape index (κ2) is 8.17. The molecule has 0 unspecified atom stereocenters. The molecule has 0 N–H and O–H groups in total. The summed E-state index contributed by atoms with van der Waals surface area (Å²) < 4.78 is 50.4. The first-order valence-corrected chi connectivity index (χ1v) is 8.97. The Bertz CT molecular complexity index is 730. The summed E-state index contributed by atoms with van der Waals surface area (Å²) in [6.07, 6.45) is -1.07. The number of hydrogen-bond donors (Lipinski definition) is 0. The van der Waals surface area contributed by atoms with Crippen molar-refractivity contribution in [1.82, 2.24) is 9.88 Å². The van der Waals surface area contributed by atoms with Gasteiger partial charge in [-0.2, -0.15) is 13.2 Å². The second-order valence-corrected chi connectivity index (χ2v) is 6.90. The van der Waals surface area contributed by atoms with Crippen LogP contribution in [0, 0.1) is 0 Å². The molecule has 27 heavy (non-hydrogen) atoms. The van der Waals surface area contributed by atoms with E-state index in [1.54, 1.807) is 12.3 Å². The molecule has 0 saturated carbocycles. The van der Waals surface area contributed by atoms with E-state index in [0.29, 0.717) is 12.4 Å². The van der Waals surface area contributed by atoms with E-state index in [-0.39, 0.29) is 18.0 Å². The molecule has 2 heterocycles. The molecule has 0 spiro atoms. The van der Waals surface area contributed by atoms with Crippen LogP contribution < -0.4 is 9.47 Å². The maximum atomic E-state index is 13.0. The first-order chi connectivity index (χ1) is 12.9. The van der Waals surface area contributed by atoms with E-state index in [2.05, 4.69) is 16.8 Å². The summed E-state index contributed by atoms with van der Waals surface area (Å²) in [7, 11) is 0. The summed E-state index contributed by atoms with van der Waals surface area (Å²) in [6.45, 7) is 4.45. The van der Waals surface area contributed by atoms with Gasteiger partial charge in [0.25, 0.3) is 0 Å². The number of rotatable bonds is 6. The van der Waals surface area contributed by atoms with Crippen molar-refractivity contribution in [2.24, 2.45) is 0 Å². The molecule has 1 fully saturated rings. The van der Waals surface area contributed by atoms with E-state index < -0.39 is 11.7 Å². The zero-order chi connectivity index (χ0) is 19.3. The highest BCUT2D eigenvalue weighted by atomic mass is 19.4. The van der Waals surface area contributed by atoms with Gasteiger partial charge in [0, 0.05) is 31.9 Å². The Hall–Kier alpha value is -2.28. The minimum absolute atomic E-state index is 0.120.